The van der Waals surface area contributed by atoms with Crippen LogP contribution in [0.5, 0.6) is 5.88 Å². The summed E-state index contributed by atoms with van der Waals surface area (Å²) in [6, 6.07) is 14.3. The molecule has 0 saturated carbocycles. The molecule has 0 aliphatic heterocycles. The Kier molecular flexibility index (Phi) is 5.61. The number of benzene rings is 2. The van der Waals surface area contributed by atoms with Crippen molar-refractivity contribution in [2.45, 2.75) is 33.6 Å². The molecule has 1 heterocycles. The van der Waals surface area contributed by atoms with Crippen molar-refractivity contribution in [1.82, 2.24) is 4.98 Å². The molecule has 0 saturated heterocycles. The van der Waals surface area contributed by atoms with E-state index in [9.17, 15) is 5.11 Å². The molecule has 0 aliphatic carbocycles. The van der Waals surface area contributed by atoms with Gasteiger partial charge in [-0.25, -0.2) is 0 Å². The van der Waals surface area contributed by atoms with E-state index in [4.69, 9.17) is 0 Å². The highest BCUT2D eigenvalue weighted by atomic mass is 16.3. The number of hydrogen-bond donors (Lipinski definition) is 2. The lowest BCUT2D eigenvalue weighted by molar-refractivity contribution is 0.457. The quantitative estimate of drug-likeness (QED) is 0.549. The predicted molar refractivity (Wildman–Crippen MR) is 111 cm³/mol. The van der Waals surface area contributed by atoms with Gasteiger partial charge in [0.05, 0.1) is 11.3 Å². The second-order valence-electron chi connectivity index (χ2n) is 6.65. The van der Waals surface area contributed by atoms with Gasteiger partial charge in [0.25, 0.3) is 0 Å². The molecule has 0 amide bonds. The molecule has 3 aromatic rings. The molecular formula is C22H27N3O. The van der Waals surface area contributed by atoms with Crippen LogP contribution < -0.4 is 4.90 Å². The average Bonchev–Trinajstić information content (AvgIpc) is 2.97. The Bertz CT molecular complexity index is 888. The van der Waals surface area contributed by atoms with Crippen LogP contribution in [0.3, 0.4) is 0 Å². The zero-order valence-electron chi connectivity index (χ0n) is 15.8. The first-order valence-corrected chi connectivity index (χ1v) is 9.33. The molecule has 4 heteroatoms. The second-order valence-corrected chi connectivity index (χ2v) is 6.65. The minimum atomic E-state index is 0.159. The third kappa shape index (κ3) is 3.74. The second kappa shape index (κ2) is 8.09. The Hall–Kier alpha value is -2.75. The minimum Gasteiger partial charge on any atom is -0.494 e. The van der Waals surface area contributed by atoms with Gasteiger partial charge in [-0.05, 0) is 55.7 Å². The van der Waals surface area contributed by atoms with E-state index in [2.05, 4.69) is 40.9 Å². The molecule has 0 unspecified atom stereocenters. The molecule has 26 heavy (non-hydrogen) atoms. The molecule has 0 aliphatic rings. The lowest BCUT2D eigenvalue weighted by Gasteiger charge is -2.23. The first kappa shape index (κ1) is 18.1. The number of aromatic nitrogens is 1. The Morgan fingerprint density at radius 3 is 2.38 bits per heavy atom. The van der Waals surface area contributed by atoms with Crippen molar-refractivity contribution < 1.29 is 5.11 Å². The number of nitrogens with zero attached hydrogens (tertiary/aromatic N) is 2. The molecule has 2 aromatic carbocycles. The number of aliphatic imine (C=N–C) groups is 1. The fourth-order valence-corrected chi connectivity index (χ4v) is 3.37. The van der Waals surface area contributed by atoms with E-state index in [0.29, 0.717) is 0 Å². The van der Waals surface area contributed by atoms with Gasteiger partial charge in [-0.3, -0.25) is 4.99 Å². The summed E-state index contributed by atoms with van der Waals surface area (Å²) in [5.41, 5.74) is 4.89. The Morgan fingerprint density at radius 1 is 1.04 bits per heavy atom. The molecule has 4 nitrogen and oxygen atoms in total. The van der Waals surface area contributed by atoms with Crippen molar-refractivity contribution in [2.24, 2.45) is 4.99 Å². The summed E-state index contributed by atoms with van der Waals surface area (Å²) in [4.78, 5) is 9.99. The van der Waals surface area contributed by atoms with Crippen molar-refractivity contribution in [1.29, 1.82) is 0 Å². The third-order valence-corrected chi connectivity index (χ3v) is 4.59. The molecule has 0 spiro atoms. The van der Waals surface area contributed by atoms with Gasteiger partial charge in [0.2, 0.25) is 0 Å². The first-order valence-electron chi connectivity index (χ1n) is 9.33. The van der Waals surface area contributed by atoms with Crippen LogP contribution in [0.1, 0.15) is 37.8 Å². The standard InChI is InChI=1S/C22H27N3O/c1-4-13-25(14-5-2)18-11-9-17(10-12-18)23-15-19-21-16(3)7-6-8-20(21)24-22(19)26/h6-12,15,24,26H,4-5,13-14H2,1-3H3. The monoisotopic (exact) mass is 349 g/mol. The highest BCUT2D eigenvalue weighted by molar-refractivity contribution is 6.04. The highest BCUT2D eigenvalue weighted by Crippen LogP contribution is 2.29. The summed E-state index contributed by atoms with van der Waals surface area (Å²) in [7, 11) is 0. The fraction of sp³-hybridized carbons (Fsp3) is 0.318. The fourth-order valence-electron chi connectivity index (χ4n) is 3.37. The number of aromatic amines is 1. The number of aromatic hydroxyl groups is 1. The van der Waals surface area contributed by atoms with Gasteiger partial charge in [-0.1, -0.05) is 26.0 Å². The number of H-pyrrole nitrogens is 1. The van der Waals surface area contributed by atoms with E-state index in [1.807, 2.05) is 37.3 Å². The largest absolute Gasteiger partial charge is 0.494 e. The molecule has 1 aromatic heterocycles. The van der Waals surface area contributed by atoms with Crippen molar-refractivity contribution in [3.8, 4) is 5.88 Å². The lowest BCUT2D eigenvalue weighted by Crippen LogP contribution is -2.24. The zero-order chi connectivity index (χ0) is 18.5. The maximum atomic E-state index is 10.2. The SMILES string of the molecule is CCCN(CCC)c1ccc(N=Cc2c(O)[nH]c3cccc(C)c23)cc1. The Balaban J connectivity index is 1.84. The van der Waals surface area contributed by atoms with E-state index >= 15 is 0 Å². The van der Waals surface area contributed by atoms with Crippen LogP contribution in [-0.4, -0.2) is 29.4 Å². The zero-order valence-corrected chi connectivity index (χ0v) is 15.8. The number of hydrogen-bond acceptors (Lipinski definition) is 3. The normalized spacial score (nSPS) is 11.5. The van der Waals surface area contributed by atoms with Crippen molar-refractivity contribution in [3.63, 3.8) is 0 Å². The summed E-state index contributed by atoms with van der Waals surface area (Å²) in [5, 5.41) is 11.2. The van der Waals surface area contributed by atoms with Crippen molar-refractivity contribution >= 4 is 28.5 Å². The van der Waals surface area contributed by atoms with E-state index in [-0.39, 0.29) is 5.88 Å². The minimum absolute atomic E-state index is 0.159. The average molecular weight is 349 g/mol. The molecule has 3 rings (SSSR count). The maximum absolute atomic E-state index is 10.2. The smallest absolute Gasteiger partial charge is 0.198 e. The van der Waals surface area contributed by atoms with Crippen molar-refractivity contribution in [2.75, 3.05) is 18.0 Å². The van der Waals surface area contributed by atoms with Crippen molar-refractivity contribution in [3.05, 3.63) is 53.6 Å². The number of nitrogens with one attached hydrogen (secondary N) is 1. The number of aryl methyl sites for hydroxylation is 1. The molecule has 0 fully saturated rings. The topological polar surface area (TPSA) is 51.6 Å². The Morgan fingerprint density at radius 2 is 1.73 bits per heavy atom. The molecule has 0 bridgehead atoms. The van der Waals surface area contributed by atoms with Gasteiger partial charge in [0.1, 0.15) is 0 Å². The van der Waals surface area contributed by atoms with Gasteiger partial charge in [0.15, 0.2) is 5.88 Å². The van der Waals surface area contributed by atoms with Gasteiger partial charge >= 0.3 is 0 Å². The number of anilines is 1. The molecule has 136 valence electrons. The van der Waals surface area contributed by atoms with Crippen LogP contribution in [0.4, 0.5) is 11.4 Å². The molecule has 2 N–H and O–H groups in total. The van der Waals surface area contributed by atoms with E-state index in [0.717, 1.165) is 53.6 Å². The van der Waals surface area contributed by atoms with Crippen LogP contribution in [-0.2, 0) is 0 Å². The molecule has 0 atom stereocenters. The summed E-state index contributed by atoms with van der Waals surface area (Å²) < 4.78 is 0. The number of fused-ring (bicyclic) bond motifs is 1. The predicted octanol–water partition coefficient (Wildman–Crippen LogP) is 5.56. The molecule has 0 radical (unpaired) electrons. The summed E-state index contributed by atoms with van der Waals surface area (Å²) in [6.07, 6.45) is 4.02. The van der Waals surface area contributed by atoms with Crippen LogP contribution in [0, 0.1) is 6.92 Å². The van der Waals surface area contributed by atoms with Gasteiger partial charge in [0, 0.05) is 35.9 Å². The lowest BCUT2D eigenvalue weighted by atomic mass is 10.1. The number of rotatable bonds is 7. The van der Waals surface area contributed by atoms with Crippen LogP contribution in [0.2, 0.25) is 0 Å². The highest BCUT2D eigenvalue weighted by Gasteiger charge is 2.10. The van der Waals surface area contributed by atoms with Gasteiger partial charge in [-0.2, -0.15) is 0 Å². The maximum Gasteiger partial charge on any atom is 0.198 e. The summed E-state index contributed by atoms with van der Waals surface area (Å²) in [6.45, 7) is 8.59. The molecular weight excluding hydrogens is 322 g/mol. The van der Waals surface area contributed by atoms with Gasteiger partial charge < -0.3 is 15.0 Å². The summed E-state index contributed by atoms with van der Waals surface area (Å²) in [5.74, 6) is 0.159. The first-order chi connectivity index (χ1) is 12.6. The van der Waals surface area contributed by atoms with E-state index in [1.165, 1.54) is 5.69 Å². The summed E-state index contributed by atoms with van der Waals surface area (Å²) >= 11 is 0. The van der Waals surface area contributed by atoms with Crippen LogP contribution >= 0.6 is 0 Å². The third-order valence-electron chi connectivity index (χ3n) is 4.59. The van der Waals surface area contributed by atoms with Crippen LogP contribution in [0.15, 0.2) is 47.5 Å². The Labute approximate surface area is 155 Å². The van der Waals surface area contributed by atoms with Gasteiger partial charge in [-0.15, -0.1) is 0 Å². The van der Waals surface area contributed by atoms with Crippen LogP contribution in [0.25, 0.3) is 10.9 Å². The van der Waals surface area contributed by atoms with E-state index < -0.39 is 0 Å². The van der Waals surface area contributed by atoms with E-state index in [1.54, 1.807) is 6.21 Å².